The maximum Gasteiger partial charge on any atom is 0.248 e. The van der Waals surface area contributed by atoms with Gasteiger partial charge in [0.2, 0.25) is 5.91 Å². The lowest BCUT2D eigenvalue weighted by atomic mass is 10.0. The Morgan fingerprint density at radius 1 is 1.31 bits per heavy atom. The number of morpholine rings is 1. The van der Waals surface area contributed by atoms with Crippen molar-refractivity contribution in [2.45, 2.75) is 20.0 Å². The van der Waals surface area contributed by atoms with Gasteiger partial charge in [-0.2, -0.15) is 0 Å². The number of fused-ring (bicyclic) bond motifs is 1. The molecule has 3 heterocycles. The fourth-order valence-electron chi connectivity index (χ4n) is 3.23. The Morgan fingerprint density at radius 3 is 2.92 bits per heavy atom. The number of nitrogens with two attached hydrogens (primary N) is 1. The number of hydrogen-bond acceptors (Lipinski definition) is 6. The summed E-state index contributed by atoms with van der Waals surface area (Å²) in [4.78, 5) is 23.5. The number of ether oxygens (including phenoxy) is 1. The standard InChI is InChI=1S/C19H20N4O2S/c1-11-3-4-13(7-12(11)2)14-9-26-19-16(14)18(21-10-22-19)23-5-6-25-15(8-23)17(20)24/h3-4,7,9-10,15H,5-6,8H2,1-2H3,(H2,20,24)/t15-/m0/s1. The molecule has 4 rings (SSSR count). The van der Waals surface area contributed by atoms with Crippen molar-refractivity contribution in [2.24, 2.45) is 5.73 Å². The first-order chi connectivity index (χ1) is 12.5. The lowest BCUT2D eigenvalue weighted by molar-refractivity contribution is -0.130. The number of carbonyl (C=O) groups excluding carboxylic acids is 1. The largest absolute Gasteiger partial charge is 0.367 e. The van der Waals surface area contributed by atoms with Crippen LogP contribution < -0.4 is 10.6 Å². The molecule has 2 aromatic heterocycles. The van der Waals surface area contributed by atoms with Gasteiger partial charge in [0.05, 0.1) is 18.5 Å². The molecule has 7 heteroatoms. The summed E-state index contributed by atoms with van der Waals surface area (Å²) < 4.78 is 5.47. The summed E-state index contributed by atoms with van der Waals surface area (Å²) in [5.74, 6) is 0.388. The van der Waals surface area contributed by atoms with Crippen LogP contribution in [0.4, 0.5) is 5.82 Å². The lowest BCUT2D eigenvalue weighted by Gasteiger charge is -2.32. The van der Waals surface area contributed by atoms with Gasteiger partial charge in [-0.15, -0.1) is 11.3 Å². The molecule has 1 saturated heterocycles. The van der Waals surface area contributed by atoms with E-state index in [1.165, 1.54) is 11.1 Å². The average molecular weight is 368 g/mol. The minimum atomic E-state index is -0.613. The van der Waals surface area contributed by atoms with Crippen LogP contribution in [0.2, 0.25) is 0 Å². The summed E-state index contributed by atoms with van der Waals surface area (Å²) in [6.45, 7) is 5.74. The van der Waals surface area contributed by atoms with Crippen molar-refractivity contribution in [3.63, 3.8) is 0 Å². The van der Waals surface area contributed by atoms with E-state index < -0.39 is 12.0 Å². The topological polar surface area (TPSA) is 81.3 Å². The van der Waals surface area contributed by atoms with Crippen LogP contribution in [0.5, 0.6) is 0 Å². The normalized spacial score (nSPS) is 17.6. The van der Waals surface area contributed by atoms with E-state index in [9.17, 15) is 4.79 Å². The van der Waals surface area contributed by atoms with Gasteiger partial charge in [0.25, 0.3) is 0 Å². The van der Waals surface area contributed by atoms with Crippen molar-refractivity contribution in [1.29, 1.82) is 0 Å². The van der Waals surface area contributed by atoms with Crippen molar-refractivity contribution in [3.05, 3.63) is 41.0 Å². The van der Waals surface area contributed by atoms with E-state index in [1.807, 2.05) is 0 Å². The van der Waals surface area contributed by atoms with Crippen LogP contribution in [0.1, 0.15) is 11.1 Å². The van der Waals surface area contributed by atoms with Crippen LogP contribution in [-0.4, -0.2) is 41.7 Å². The van der Waals surface area contributed by atoms with Crippen LogP contribution in [0.25, 0.3) is 21.3 Å². The molecule has 0 unspecified atom stereocenters. The van der Waals surface area contributed by atoms with E-state index in [4.69, 9.17) is 10.5 Å². The molecule has 1 aliphatic heterocycles. The molecular formula is C19H20N4O2S. The number of anilines is 1. The molecule has 2 N–H and O–H groups in total. The first-order valence-electron chi connectivity index (χ1n) is 8.50. The van der Waals surface area contributed by atoms with Gasteiger partial charge >= 0.3 is 0 Å². The number of primary amides is 1. The van der Waals surface area contributed by atoms with Gasteiger partial charge in [-0.1, -0.05) is 18.2 Å². The Labute approximate surface area is 155 Å². The molecule has 0 aliphatic carbocycles. The van der Waals surface area contributed by atoms with Crippen molar-refractivity contribution in [1.82, 2.24) is 9.97 Å². The number of nitrogens with zero attached hydrogens (tertiary/aromatic N) is 3. The molecule has 0 bridgehead atoms. The second-order valence-corrected chi connectivity index (χ2v) is 7.39. The van der Waals surface area contributed by atoms with Crippen LogP contribution in [0, 0.1) is 13.8 Å². The second-order valence-electron chi connectivity index (χ2n) is 6.53. The Bertz CT molecular complexity index is 985. The van der Waals surface area contributed by atoms with Gasteiger partial charge in [-0.25, -0.2) is 9.97 Å². The predicted molar refractivity (Wildman–Crippen MR) is 103 cm³/mol. The van der Waals surface area contributed by atoms with Crippen molar-refractivity contribution in [2.75, 3.05) is 24.6 Å². The van der Waals surface area contributed by atoms with Crippen molar-refractivity contribution < 1.29 is 9.53 Å². The highest BCUT2D eigenvalue weighted by atomic mass is 32.1. The number of thiophene rings is 1. The Hall–Kier alpha value is -2.51. The summed E-state index contributed by atoms with van der Waals surface area (Å²) in [5.41, 5.74) is 10.2. The highest BCUT2D eigenvalue weighted by molar-refractivity contribution is 7.17. The molecule has 1 amide bonds. The first-order valence-corrected chi connectivity index (χ1v) is 9.38. The van der Waals surface area contributed by atoms with Crippen molar-refractivity contribution in [3.8, 4) is 11.1 Å². The van der Waals surface area contributed by atoms with Gasteiger partial charge in [-0.3, -0.25) is 4.79 Å². The first kappa shape index (κ1) is 16.9. The van der Waals surface area contributed by atoms with Crippen LogP contribution >= 0.6 is 11.3 Å². The quantitative estimate of drug-likeness (QED) is 0.769. The number of aryl methyl sites for hydroxylation is 2. The molecule has 0 radical (unpaired) electrons. The zero-order valence-corrected chi connectivity index (χ0v) is 15.5. The number of amides is 1. The molecular weight excluding hydrogens is 348 g/mol. The van der Waals surface area contributed by atoms with Crippen LogP contribution in [0.3, 0.4) is 0 Å². The molecule has 1 atom stereocenters. The summed E-state index contributed by atoms with van der Waals surface area (Å²) in [7, 11) is 0. The number of hydrogen-bond donors (Lipinski definition) is 1. The van der Waals surface area contributed by atoms with Gasteiger partial charge in [0, 0.05) is 17.5 Å². The fraction of sp³-hybridized carbons (Fsp3) is 0.316. The maximum atomic E-state index is 11.5. The molecule has 0 saturated carbocycles. The molecule has 1 aromatic carbocycles. The van der Waals surface area contributed by atoms with E-state index in [2.05, 4.69) is 52.3 Å². The summed E-state index contributed by atoms with van der Waals surface area (Å²) in [6, 6.07) is 6.46. The second kappa shape index (κ2) is 6.66. The average Bonchev–Trinajstić information content (AvgIpc) is 3.08. The number of benzene rings is 1. The Balaban J connectivity index is 1.82. The van der Waals surface area contributed by atoms with Crippen LogP contribution in [0.15, 0.2) is 29.9 Å². The van der Waals surface area contributed by atoms with Gasteiger partial charge in [0.15, 0.2) is 6.10 Å². The molecule has 3 aromatic rings. The molecule has 1 fully saturated rings. The minimum Gasteiger partial charge on any atom is -0.367 e. The van der Waals surface area contributed by atoms with Gasteiger partial charge in [-0.05, 0) is 30.5 Å². The van der Waals surface area contributed by atoms with Gasteiger partial charge < -0.3 is 15.4 Å². The predicted octanol–water partition coefficient (Wildman–Crippen LogP) is 2.67. The molecule has 1 aliphatic rings. The zero-order valence-electron chi connectivity index (χ0n) is 14.7. The van der Waals surface area contributed by atoms with Gasteiger partial charge in [0.1, 0.15) is 17.0 Å². The van der Waals surface area contributed by atoms with E-state index >= 15 is 0 Å². The van der Waals surface area contributed by atoms with E-state index in [0.717, 1.165) is 27.2 Å². The molecule has 26 heavy (non-hydrogen) atoms. The fourth-order valence-corrected chi connectivity index (χ4v) is 4.14. The Kier molecular flexibility index (Phi) is 4.34. The highest BCUT2D eigenvalue weighted by Crippen LogP contribution is 2.38. The zero-order chi connectivity index (χ0) is 18.3. The number of carbonyl (C=O) groups is 1. The minimum absolute atomic E-state index is 0.406. The summed E-state index contributed by atoms with van der Waals surface area (Å²) >= 11 is 1.60. The number of aromatic nitrogens is 2. The highest BCUT2D eigenvalue weighted by Gasteiger charge is 2.27. The summed E-state index contributed by atoms with van der Waals surface area (Å²) in [6.07, 6.45) is 0.963. The maximum absolute atomic E-state index is 11.5. The number of rotatable bonds is 3. The van der Waals surface area contributed by atoms with E-state index in [-0.39, 0.29) is 0 Å². The molecule has 134 valence electrons. The third kappa shape index (κ3) is 2.93. The summed E-state index contributed by atoms with van der Waals surface area (Å²) in [5, 5.41) is 3.14. The SMILES string of the molecule is Cc1ccc(-c2csc3ncnc(N4CCO[C@H](C(N)=O)C4)c23)cc1C. The lowest BCUT2D eigenvalue weighted by Crippen LogP contribution is -2.48. The third-order valence-corrected chi connectivity index (χ3v) is 5.74. The molecule has 0 spiro atoms. The molecule has 6 nitrogen and oxygen atoms in total. The van der Waals surface area contributed by atoms with E-state index in [1.54, 1.807) is 17.7 Å². The van der Waals surface area contributed by atoms with Crippen LogP contribution in [-0.2, 0) is 9.53 Å². The smallest absolute Gasteiger partial charge is 0.248 e. The Morgan fingerprint density at radius 2 is 2.15 bits per heavy atom. The monoisotopic (exact) mass is 368 g/mol. The van der Waals surface area contributed by atoms with Crippen molar-refractivity contribution >= 4 is 33.3 Å². The third-order valence-electron chi connectivity index (χ3n) is 4.85. The van der Waals surface area contributed by atoms with E-state index in [0.29, 0.717) is 19.7 Å².